The van der Waals surface area contributed by atoms with E-state index in [4.69, 9.17) is 19.2 Å². The van der Waals surface area contributed by atoms with E-state index in [0.717, 1.165) is 31.9 Å². The first-order chi connectivity index (χ1) is 22.8. The van der Waals surface area contributed by atoms with Crippen molar-refractivity contribution in [2.24, 2.45) is 4.99 Å². The molecule has 0 bridgehead atoms. The predicted molar refractivity (Wildman–Crippen MR) is 176 cm³/mol. The number of hydrogen-bond acceptors (Lipinski definition) is 11. The standard InChI is InChI=1S/C34H31N5O7S/c1-3-44-33(41)29-30(21-7-5-4-6-8-21)35-34-38(31(29)22-9-12-26-27(18-22)46-20-45-26)32(40)28(47-34)19-23-17-24(39(42)43)10-11-25(23)37-15-13-36(2)14-16-37/h4-12,17-19,31H,3,13-16,20H2,1-2H3/b28-19+/t31-/m1/s1. The number of nitro groups is 1. The summed E-state index contributed by atoms with van der Waals surface area (Å²) >= 11 is 1.17. The zero-order valence-corrected chi connectivity index (χ0v) is 26.6. The molecule has 3 aromatic carbocycles. The molecule has 3 aliphatic heterocycles. The number of nitro benzene ring substituents is 1. The van der Waals surface area contributed by atoms with E-state index in [1.807, 2.05) is 30.3 Å². The number of fused-ring (bicyclic) bond motifs is 2. The van der Waals surface area contributed by atoms with Gasteiger partial charge >= 0.3 is 5.97 Å². The second-order valence-corrected chi connectivity index (χ2v) is 12.3. The highest BCUT2D eigenvalue weighted by molar-refractivity contribution is 7.07. The van der Waals surface area contributed by atoms with Crippen molar-refractivity contribution in [3.05, 3.63) is 119 Å². The number of thiazole rings is 1. The van der Waals surface area contributed by atoms with Crippen molar-refractivity contribution in [3.63, 3.8) is 0 Å². The summed E-state index contributed by atoms with van der Waals surface area (Å²) in [5.41, 5.74) is 2.81. The van der Waals surface area contributed by atoms with E-state index in [-0.39, 0.29) is 30.2 Å². The Morgan fingerprint density at radius 2 is 1.83 bits per heavy atom. The number of non-ortho nitro benzene ring substituents is 1. The van der Waals surface area contributed by atoms with E-state index < -0.39 is 16.9 Å². The predicted octanol–water partition coefficient (Wildman–Crippen LogP) is 3.32. The Morgan fingerprint density at radius 1 is 1.06 bits per heavy atom. The molecule has 1 fully saturated rings. The van der Waals surface area contributed by atoms with E-state index in [9.17, 15) is 19.7 Å². The lowest BCUT2D eigenvalue weighted by Gasteiger charge is -2.34. The Balaban J connectivity index is 1.47. The number of carbonyl (C=O) groups is 1. The van der Waals surface area contributed by atoms with Gasteiger partial charge in [0.2, 0.25) is 6.79 Å². The Labute approximate surface area is 273 Å². The summed E-state index contributed by atoms with van der Waals surface area (Å²) in [6.07, 6.45) is 1.69. The molecule has 0 amide bonds. The third kappa shape index (κ3) is 5.68. The average molecular weight is 654 g/mol. The minimum Gasteiger partial charge on any atom is -0.463 e. The van der Waals surface area contributed by atoms with Crippen LogP contribution in [0.25, 0.3) is 11.8 Å². The van der Waals surface area contributed by atoms with Gasteiger partial charge < -0.3 is 24.0 Å². The number of anilines is 1. The summed E-state index contributed by atoms with van der Waals surface area (Å²) in [5, 5.41) is 11.8. The summed E-state index contributed by atoms with van der Waals surface area (Å²) in [6, 6.07) is 18.4. The molecule has 0 aliphatic carbocycles. The van der Waals surface area contributed by atoms with E-state index in [2.05, 4.69) is 16.8 Å². The van der Waals surface area contributed by atoms with Gasteiger partial charge in [0.05, 0.1) is 33.4 Å². The quantitative estimate of drug-likeness (QED) is 0.168. The highest BCUT2D eigenvalue weighted by Gasteiger charge is 2.36. The van der Waals surface area contributed by atoms with Crippen LogP contribution in [0.5, 0.6) is 11.5 Å². The van der Waals surface area contributed by atoms with Gasteiger partial charge in [0.1, 0.15) is 0 Å². The maximum absolute atomic E-state index is 14.5. The Kier molecular flexibility index (Phi) is 8.08. The SMILES string of the molecule is CCOC(=O)C1=C(c2ccccc2)N=c2s/c(=C/c3cc([N+](=O)[O-])ccc3N3CCN(C)CC3)c(=O)n2[C@@H]1c1ccc2c(c1)OCO2. The highest BCUT2D eigenvalue weighted by Crippen LogP contribution is 2.40. The molecule has 13 heteroatoms. The van der Waals surface area contributed by atoms with Crippen molar-refractivity contribution < 1.29 is 23.9 Å². The van der Waals surface area contributed by atoms with Gasteiger partial charge in [-0.2, -0.15) is 0 Å². The first-order valence-electron chi connectivity index (χ1n) is 15.2. The van der Waals surface area contributed by atoms with E-state index in [1.165, 1.54) is 28.0 Å². The van der Waals surface area contributed by atoms with Crippen LogP contribution in [0.1, 0.15) is 29.7 Å². The van der Waals surface area contributed by atoms with Gasteiger partial charge in [-0.1, -0.05) is 47.7 Å². The number of aromatic nitrogens is 1. The number of benzene rings is 3. The van der Waals surface area contributed by atoms with Gasteiger partial charge in [-0.3, -0.25) is 19.5 Å². The van der Waals surface area contributed by atoms with Gasteiger partial charge in [-0.05, 0) is 43.8 Å². The number of likely N-dealkylation sites (N-methyl/N-ethyl adjacent to an activating group) is 1. The number of rotatable bonds is 7. The van der Waals surface area contributed by atoms with Crippen LogP contribution in [0.4, 0.5) is 11.4 Å². The number of carbonyl (C=O) groups excluding carboxylic acids is 1. The van der Waals surface area contributed by atoms with Crippen molar-refractivity contribution in [3.8, 4) is 11.5 Å². The van der Waals surface area contributed by atoms with Crippen LogP contribution in [0.2, 0.25) is 0 Å². The first kappa shape index (κ1) is 30.4. The molecule has 12 nitrogen and oxygen atoms in total. The summed E-state index contributed by atoms with van der Waals surface area (Å²) in [5.74, 6) is 0.468. The van der Waals surface area contributed by atoms with Crippen molar-refractivity contribution in [1.29, 1.82) is 0 Å². The molecule has 47 heavy (non-hydrogen) atoms. The molecule has 0 spiro atoms. The monoisotopic (exact) mass is 653 g/mol. The Bertz CT molecular complexity index is 2100. The van der Waals surface area contributed by atoms with Crippen LogP contribution in [0.15, 0.2) is 82.1 Å². The van der Waals surface area contributed by atoms with Crippen LogP contribution in [0, 0.1) is 10.1 Å². The fraction of sp³-hybridized carbons (Fsp3) is 0.265. The number of esters is 1. The molecule has 4 aromatic rings. The lowest BCUT2D eigenvalue weighted by molar-refractivity contribution is -0.384. The summed E-state index contributed by atoms with van der Waals surface area (Å²) in [6.45, 7) is 5.08. The first-order valence-corrected chi connectivity index (χ1v) is 16.0. The molecule has 240 valence electrons. The summed E-state index contributed by atoms with van der Waals surface area (Å²) in [4.78, 5) is 49.3. The number of nitrogens with zero attached hydrogens (tertiary/aromatic N) is 5. The highest BCUT2D eigenvalue weighted by atomic mass is 32.1. The van der Waals surface area contributed by atoms with Gasteiger partial charge in [-0.25, -0.2) is 9.79 Å². The van der Waals surface area contributed by atoms with Crippen molar-refractivity contribution in [2.75, 3.05) is 51.5 Å². The average Bonchev–Trinajstić information content (AvgIpc) is 3.68. The minimum absolute atomic E-state index is 0.0657. The van der Waals surface area contributed by atoms with Gasteiger partial charge in [0.15, 0.2) is 16.3 Å². The summed E-state index contributed by atoms with van der Waals surface area (Å²) < 4.78 is 18.6. The van der Waals surface area contributed by atoms with E-state index >= 15 is 0 Å². The van der Waals surface area contributed by atoms with Crippen LogP contribution in [-0.4, -0.2) is 67.0 Å². The number of hydrogen-bond donors (Lipinski definition) is 0. The van der Waals surface area contributed by atoms with Crippen LogP contribution >= 0.6 is 11.3 Å². The molecule has 0 unspecified atom stereocenters. The molecule has 1 atom stereocenters. The molecular formula is C34H31N5O7S. The van der Waals surface area contributed by atoms with E-state index in [1.54, 1.807) is 37.3 Å². The van der Waals surface area contributed by atoms with Crippen LogP contribution in [-0.2, 0) is 9.53 Å². The zero-order valence-electron chi connectivity index (χ0n) is 25.8. The summed E-state index contributed by atoms with van der Waals surface area (Å²) in [7, 11) is 2.06. The second kappa shape index (κ2) is 12.5. The van der Waals surface area contributed by atoms with E-state index in [0.29, 0.717) is 43.2 Å². The maximum atomic E-state index is 14.5. The van der Waals surface area contributed by atoms with Gasteiger partial charge in [0.25, 0.3) is 11.2 Å². The van der Waals surface area contributed by atoms with Crippen LogP contribution < -0.4 is 29.3 Å². The smallest absolute Gasteiger partial charge is 0.338 e. The largest absolute Gasteiger partial charge is 0.463 e. The zero-order chi connectivity index (χ0) is 32.7. The van der Waals surface area contributed by atoms with Gasteiger partial charge in [-0.15, -0.1) is 0 Å². The maximum Gasteiger partial charge on any atom is 0.338 e. The third-order valence-corrected chi connectivity index (χ3v) is 9.42. The fourth-order valence-corrected chi connectivity index (χ4v) is 7.08. The molecule has 3 aliphatic rings. The lowest BCUT2D eigenvalue weighted by Crippen LogP contribution is -2.44. The van der Waals surface area contributed by atoms with Crippen molar-refractivity contribution in [1.82, 2.24) is 9.47 Å². The molecular weight excluding hydrogens is 622 g/mol. The second-order valence-electron chi connectivity index (χ2n) is 11.3. The van der Waals surface area contributed by atoms with Crippen molar-refractivity contribution >= 4 is 40.5 Å². The van der Waals surface area contributed by atoms with Crippen LogP contribution in [0.3, 0.4) is 0 Å². The topological polar surface area (TPSA) is 129 Å². The third-order valence-electron chi connectivity index (χ3n) is 8.44. The number of piperazine rings is 1. The molecule has 7 rings (SSSR count). The number of ether oxygens (including phenoxy) is 3. The molecule has 1 aromatic heterocycles. The molecule has 0 saturated carbocycles. The minimum atomic E-state index is -0.903. The lowest BCUT2D eigenvalue weighted by atomic mass is 9.93. The normalized spacial score (nSPS) is 17.8. The molecule has 1 saturated heterocycles. The molecule has 0 radical (unpaired) electrons. The Hall–Kier alpha value is -5.27. The fourth-order valence-electron chi connectivity index (χ4n) is 6.09. The van der Waals surface area contributed by atoms with Gasteiger partial charge in [0, 0.05) is 55.1 Å². The Morgan fingerprint density at radius 3 is 2.57 bits per heavy atom. The van der Waals surface area contributed by atoms with Crippen molar-refractivity contribution in [2.45, 2.75) is 13.0 Å². The molecule has 4 heterocycles. The molecule has 0 N–H and O–H groups in total.